The predicted octanol–water partition coefficient (Wildman–Crippen LogP) is 4.03. The number of anilines is 2. The zero-order valence-electron chi connectivity index (χ0n) is 18.6. The SMILES string of the molecule is CCC(=O)Nc1cccc(CN(C(=O)CCCCCC(=O)NO)c2ccccc2OC)c1. The van der Waals surface area contributed by atoms with Crippen molar-refractivity contribution in [2.24, 2.45) is 0 Å². The van der Waals surface area contributed by atoms with Crippen molar-refractivity contribution in [3.63, 3.8) is 0 Å². The fourth-order valence-electron chi connectivity index (χ4n) is 3.27. The lowest BCUT2D eigenvalue weighted by atomic mass is 10.1. The Balaban J connectivity index is 2.15. The second kappa shape index (κ2) is 13.1. The summed E-state index contributed by atoms with van der Waals surface area (Å²) in [4.78, 5) is 37.7. The number of hydrogen-bond donors (Lipinski definition) is 3. The molecule has 0 heterocycles. The fourth-order valence-corrected chi connectivity index (χ4v) is 3.27. The smallest absolute Gasteiger partial charge is 0.243 e. The number of amides is 3. The van der Waals surface area contributed by atoms with Crippen LogP contribution in [0.2, 0.25) is 0 Å². The lowest BCUT2D eigenvalue weighted by Crippen LogP contribution is -2.30. The van der Waals surface area contributed by atoms with E-state index in [2.05, 4.69) is 5.32 Å². The van der Waals surface area contributed by atoms with Crippen LogP contribution in [-0.4, -0.2) is 30.0 Å². The molecular formula is C24H31N3O5. The minimum Gasteiger partial charge on any atom is -0.495 e. The maximum Gasteiger partial charge on any atom is 0.243 e. The molecule has 2 aromatic rings. The molecule has 0 saturated carbocycles. The van der Waals surface area contributed by atoms with Gasteiger partial charge < -0.3 is 15.0 Å². The van der Waals surface area contributed by atoms with Crippen LogP contribution in [0.4, 0.5) is 11.4 Å². The number of nitrogens with one attached hydrogen (secondary N) is 2. The molecular weight excluding hydrogens is 410 g/mol. The Bertz CT molecular complexity index is 916. The van der Waals surface area contributed by atoms with Gasteiger partial charge in [-0.3, -0.25) is 19.6 Å². The summed E-state index contributed by atoms with van der Waals surface area (Å²) < 4.78 is 5.47. The number of carbonyl (C=O) groups excluding carboxylic acids is 3. The van der Waals surface area contributed by atoms with Gasteiger partial charge in [0.05, 0.1) is 19.3 Å². The van der Waals surface area contributed by atoms with Gasteiger partial charge in [0.25, 0.3) is 0 Å². The molecule has 0 aliphatic carbocycles. The van der Waals surface area contributed by atoms with Crippen molar-refractivity contribution < 1.29 is 24.3 Å². The normalized spacial score (nSPS) is 10.3. The van der Waals surface area contributed by atoms with Gasteiger partial charge in [-0.25, -0.2) is 5.48 Å². The largest absolute Gasteiger partial charge is 0.495 e. The Morgan fingerprint density at radius 1 is 0.969 bits per heavy atom. The standard InChI is InChI=1S/C24H31N3O5/c1-3-22(28)25-19-11-9-10-18(16-19)17-27(20-12-7-8-13-21(20)32-2)24(30)15-6-4-5-14-23(29)26-31/h7-13,16,31H,3-6,14-15,17H2,1-2H3,(H,25,28)(H,26,29). The first-order valence-electron chi connectivity index (χ1n) is 10.7. The summed E-state index contributed by atoms with van der Waals surface area (Å²) in [5, 5.41) is 11.4. The second-order valence-corrected chi connectivity index (χ2v) is 7.35. The molecule has 0 unspecified atom stereocenters. The minimum absolute atomic E-state index is 0.0656. The molecule has 0 aromatic heterocycles. The maximum absolute atomic E-state index is 13.2. The van der Waals surface area contributed by atoms with Crippen molar-refractivity contribution in [1.29, 1.82) is 0 Å². The minimum atomic E-state index is -0.429. The van der Waals surface area contributed by atoms with Crippen molar-refractivity contribution in [3.05, 3.63) is 54.1 Å². The van der Waals surface area contributed by atoms with Crippen LogP contribution in [0.15, 0.2) is 48.5 Å². The second-order valence-electron chi connectivity index (χ2n) is 7.35. The molecule has 0 aliphatic rings. The molecule has 0 radical (unpaired) electrons. The highest BCUT2D eigenvalue weighted by atomic mass is 16.5. The van der Waals surface area contributed by atoms with Crippen LogP contribution in [0.1, 0.15) is 51.0 Å². The quantitative estimate of drug-likeness (QED) is 0.262. The highest BCUT2D eigenvalue weighted by molar-refractivity contribution is 5.95. The van der Waals surface area contributed by atoms with Crippen molar-refractivity contribution in [1.82, 2.24) is 5.48 Å². The van der Waals surface area contributed by atoms with E-state index in [1.807, 2.05) is 42.5 Å². The number of benzene rings is 2. The van der Waals surface area contributed by atoms with Crippen molar-refractivity contribution >= 4 is 29.1 Å². The topological polar surface area (TPSA) is 108 Å². The zero-order valence-corrected chi connectivity index (χ0v) is 18.6. The number of rotatable bonds is 12. The van der Waals surface area contributed by atoms with E-state index in [1.165, 1.54) is 0 Å². The molecule has 2 aromatic carbocycles. The van der Waals surface area contributed by atoms with Crippen molar-refractivity contribution in [3.8, 4) is 5.75 Å². The van der Waals surface area contributed by atoms with Gasteiger partial charge in [0.1, 0.15) is 5.75 Å². The van der Waals surface area contributed by atoms with Gasteiger partial charge in [0.15, 0.2) is 0 Å². The summed E-state index contributed by atoms with van der Waals surface area (Å²) in [6.45, 7) is 2.11. The summed E-state index contributed by atoms with van der Waals surface area (Å²) in [6, 6.07) is 14.8. The zero-order chi connectivity index (χ0) is 23.3. The Morgan fingerprint density at radius 2 is 1.72 bits per heavy atom. The first-order valence-corrected chi connectivity index (χ1v) is 10.7. The number of methoxy groups -OCH3 is 1. The molecule has 2 rings (SSSR count). The first kappa shape index (κ1) is 24.9. The summed E-state index contributed by atoms with van der Waals surface area (Å²) in [5.74, 6) is 0.0247. The average Bonchev–Trinajstić information content (AvgIpc) is 2.82. The van der Waals surface area contributed by atoms with Gasteiger partial charge in [-0.15, -0.1) is 0 Å². The fraction of sp³-hybridized carbons (Fsp3) is 0.375. The molecule has 0 fully saturated rings. The number of nitrogens with zero attached hydrogens (tertiary/aromatic N) is 1. The molecule has 0 atom stereocenters. The van der Waals surface area contributed by atoms with E-state index in [-0.39, 0.29) is 18.2 Å². The molecule has 0 aliphatic heterocycles. The first-order chi connectivity index (χ1) is 15.5. The molecule has 172 valence electrons. The maximum atomic E-state index is 13.2. The highest BCUT2D eigenvalue weighted by Gasteiger charge is 2.19. The lowest BCUT2D eigenvalue weighted by Gasteiger charge is -2.25. The van der Waals surface area contributed by atoms with Crippen LogP contribution >= 0.6 is 0 Å². The molecule has 8 nitrogen and oxygen atoms in total. The highest BCUT2D eigenvalue weighted by Crippen LogP contribution is 2.30. The number of unbranched alkanes of at least 4 members (excludes halogenated alkanes) is 2. The predicted molar refractivity (Wildman–Crippen MR) is 123 cm³/mol. The number of hydroxylamine groups is 1. The molecule has 0 spiro atoms. The van der Waals surface area contributed by atoms with E-state index in [9.17, 15) is 14.4 Å². The third kappa shape index (κ3) is 7.70. The van der Waals surface area contributed by atoms with Crippen LogP contribution in [0.3, 0.4) is 0 Å². The van der Waals surface area contributed by atoms with E-state index >= 15 is 0 Å². The lowest BCUT2D eigenvalue weighted by molar-refractivity contribution is -0.129. The monoisotopic (exact) mass is 441 g/mol. The summed E-state index contributed by atoms with van der Waals surface area (Å²) in [7, 11) is 1.56. The Kier molecular flexibility index (Phi) is 10.2. The van der Waals surface area contributed by atoms with Crippen LogP contribution in [0.5, 0.6) is 5.75 Å². The number of para-hydroxylation sites is 2. The molecule has 3 N–H and O–H groups in total. The number of hydrogen-bond acceptors (Lipinski definition) is 5. The Labute approximate surface area is 188 Å². The van der Waals surface area contributed by atoms with Crippen molar-refractivity contribution in [2.45, 2.75) is 52.0 Å². The third-order valence-corrected chi connectivity index (χ3v) is 4.97. The van der Waals surface area contributed by atoms with E-state index in [0.717, 1.165) is 5.56 Å². The molecule has 8 heteroatoms. The Morgan fingerprint density at radius 3 is 2.44 bits per heavy atom. The van der Waals surface area contributed by atoms with Gasteiger partial charge in [-0.2, -0.15) is 0 Å². The van der Waals surface area contributed by atoms with E-state index in [4.69, 9.17) is 9.94 Å². The van der Waals surface area contributed by atoms with E-state index in [1.54, 1.807) is 30.5 Å². The summed E-state index contributed by atoms with van der Waals surface area (Å²) in [6.07, 6.45) is 2.82. The van der Waals surface area contributed by atoms with Gasteiger partial charge >= 0.3 is 0 Å². The van der Waals surface area contributed by atoms with E-state index in [0.29, 0.717) is 55.8 Å². The van der Waals surface area contributed by atoms with Gasteiger partial charge in [-0.1, -0.05) is 37.6 Å². The van der Waals surface area contributed by atoms with Crippen LogP contribution in [0, 0.1) is 0 Å². The number of carbonyl (C=O) groups is 3. The average molecular weight is 442 g/mol. The van der Waals surface area contributed by atoms with Gasteiger partial charge in [-0.05, 0) is 42.7 Å². The molecule has 0 bridgehead atoms. The Hall–Kier alpha value is -3.39. The van der Waals surface area contributed by atoms with Crippen LogP contribution in [-0.2, 0) is 20.9 Å². The van der Waals surface area contributed by atoms with Crippen molar-refractivity contribution in [2.75, 3.05) is 17.3 Å². The van der Waals surface area contributed by atoms with Gasteiger partial charge in [0.2, 0.25) is 17.7 Å². The summed E-state index contributed by atoms with van der Waals surface area (Å²) >= 11 is 0. The molecule has 32 heavy (non-hydrogen) atoms. The molecule has 0 saturated heterocycles. The third-order valence-electron chi connectivity index (χ3n) is 4.97. The number of ether oxygens (including phenoxy) is 1. The summed E-state index contributed by atoms with van der Waals surface area (Å²) in [5.41, 5.74) is 3.84. The van der Waals surface area contributed by atoms with Gasteiger partial charge in [0, 0.05) is 24.9 Å². The van der Waals surface area contributed by atoms with Crippen LogP contribution in [0.25, 0.3) is 0 Å². The molecule has 3 amide bonds. The van der Waals surface area contributed by atoms with Crippen LogP contribution < -0.4 is 20.4 Å². The van der Waals surface area contributed by atoms with E-state index < -0.39 is 5.91 Å².